The number of benzene rings is 1. The highest BCUT2D eigenvalue weighted by atomic mass is 32.2. The molecular weight excluding hydrogens is 266 g/mol. The van der Waals surface area contributed by atoms with E-state index in [9.17, 15) is 4.21 Å². The minimum atomic E-state index is -0.939. The molecule has 0 bridgehead atoms. The third-order valence-corrected chi connectivity index (χ3v) is 4.73. The van der Waals surface area contributed by atoms with Crippen molar-refractivity contribution in [3.8, 4) is 0 Å². The Morgan fingerprint density at radius 2 is 1.80 bits per heavy atom. The van der Waals surface area contributed by atoms with Crippen molar-refractivity contribution in [1.82, 2.24) is 4.98 Å². The molecule has 1 heterocycles. The van der Waals surface area contributed by atoms with Crippen molar-refractivity contribution >= 4 is 10.8 Å². The Bertz CT molecular complexity index is 573. The molecule has 0 spiro atoms. The van der Waals surface area contributed by atoms with E-state index in [1.165, 1.54) is 5.56 Å². The van der Waals surface area contributed by atoms with Gasteiger partial charge in [0.15, 0.2) is 0 Å². The number of rotatable bonds is 5. The Balaban J connectivity index is 1.96. The zero-order valence-electron chi connectivity index (χ0n) is 12.3. The zero-order chi connectivity index (χ0) is 14.5. The Kier molecular flexibility index (Phi) is 5.07. The second-order valence-corrected chi connectivity index (χ2v) is 6.90. The lowest BCUT2D eigenvalue weighted by molar-refractivity contribution is 0.682. The molecule has 1 unspecified atom stereocenters. The van der Waals surface area contributed by atoms with Crippen LogP contribution >= 0.6 is 0 Å². The van der Waals surface area contributed by atoms with Gasteiger partial charge in [-0.2, -0.15) is 0 Å². The van der Waals surface area contributed by atoms with E-state index in [1.807, 2.05) is 31.3 Å². The summed E-state index contributed by atoms with van der Waals surface area (Å²) in [5.74, 6) is 1.15. The summed E-state index contributed by atoms with van der Waals surface area (Å²) in [6, 6.07) is 12.2. The van der Waals surface area contributed by atoms with Gasteiger partial charge in [-0.05, 0) is 48.6 Å². The van der Waals surface area contributed by atoms with Crippen molar-refractivity contribution in [3.05, 3.63) is 59.4 Å². The fourth-order valence-electron chi connectivity index (χ4n) is 1.98. The van der Waals surface area contributed by atoms with Crippen LogP contribution < -0.4 is 0 Å². The van der Waals surface area contributed by atoms with Gasteiger partial charge in [0.25, 0.3) is 0 Å². The molecular formula is C17H21NOS. The lowest BCUT2D eigenvalue weighted by Gasteiger charge is -2.07. The first-order chi connectivity index (χ1) is 9.56. The molecule has 0 saturated heterocycles. The van der Waals surface area contributed by atoms with Gasteiger partial charge in [-0.15, -0.1) is 0 Å². The molecule has 0 aliphatic heterocycles. The summed E-state index contributed by atoms with van der Waals surface area (Å²) in [7, 11) is -0.939. The number of hydrogen-bond acceptors (Lipinski definition) is 2. The van der Waals surface area contributed by atoms with Gasteiger partial charge in [-0.3, -0.25) is 9.19 Å². The van der Waals surface area contributed by atoms with Gasteiger partial charge >= 0.3 is 0 Å². The maximum atomic E-state index is 12.3. The molecule has 2 nitrogen and oxygen atoms in total. The average molecular weight is 287 g/mol. The van der Waals surface area contributed by atoms with Gasteiger partial charge in [0.2, 0.25) is 0 Å². The lowest BCUT2D eigenvalue weighted by Crippen LogP contribution is -2.02. The third kappa shape index (κ3) is 4.01. The number of aromatic nitrogens is 1. The number of hydrogen-bond donors (Lipinski definition) is 0. The minimum absolute atomic E-state index is 0.510. The molecule has 1 atom stereocenters. The predicted molar refractivity (Wildman–Crippen MR) is 84.5 cm³/mol. The van der Waals surface area contributed by atoms with Crippen LogP contribution in [0.25, 0.3) is 0 Å². The van der Waals surface area contributed by atoms with Gasteiger partial charge in [0.05, 0.1) is 10.8 Å². The van der Waals surface area contributed by atoms with E-state index in [-0.39, 0.29) is 0 Å². The fourth-order valence-corrected chi connectivity index (χ4v) is 3.08. The number of pyridine rings is 1. The highest BCUT2D eigenvalue weighted by Crippen LogP contribution is 2.17. The average Bonchev–Trinajstić information content (AvgIpc) is 2.46. The highest BCUT2D eigenvalue weighted by molar-refractivity contribution is 7.85. The molecule has 0 amide bonds. The van der Waals surface area contributed by atoms with Gasteiger partial charge in [-0.1, -0.05) is 32.0 Å². The SMILES string of the molecule is Cc1ccc(CCS(=O)c2ccc(C(C)C)cc2)cn1. The van der Waals surface area contributed by atoms with Crippen LogP contribution in [0.15, 0.2) is 47.5 Å². The Labute approximate surface area is 123 Å². The Hall–Kier alpha value is -1.48. The number of nitrogens with zero attached hydrogens (tertiary/aromatic N) is 1. The lowest BCUT2D eigenvalue weighted by atomic mass is 10.0. The second kappa shape index (κ2) is 6.80. The van der Waals surface area contributed by atoms with Crippen LogP contribution in [-0.2, 0) is 17.2 Å². The van der Waals surface area contributed by atoms with Crippen molar-refractivity contribution in [1.29, 1.82) is 0 Å². The monoisotopic (exact) mass is 287 g/mol. The van der Waals surface area contributed by atoms with E-state index < -0.39 is 10.8 Å². The molecule has 1 aromatic carbocycles. The summed E-state index contributed by atoms with van der Waals surface area (Å²) in [4.78, 5) is 5.17. The van der Waals surface area contributed by atoms with Crippen molar-refractivity contribution in [2.24, 2.45) is 0 Å². The van der Waals surface area contributed by atoms with Gasteiger partial charge < -0.3 is 0 Å². The fraction of sp³-hybridized carbons (Fsp3) is 0.353. The van der Waals surface area contributed by atoms with Crippen LogP contribution in [0, 0.1) is 6.92 Å². The molecule has 20 heavy (non-hydrogen) atoms. The van der Waals surface area contributed by atoms with Gasteiger partial charge in [0.1, 0.15) is 0 Å². The normalized spacial score (nSPS) is 12.6. The summed E-state index contributed by atoms with van der Waals surface area (Å²) in [6.07, 6.45) is 2.67. The molecule has 3 heteroatoms. The second-order valence-electron chi connectivity index (χ2n) is 5.33. The maximum absolute atomic E-state index is 12.3. The molecule has 0 radical (unpaired) electrons. The predicted octanol–water partition coefficient (Wildman–Crippen LogP) is 3.86. The smallest absolute Gasteiger partial charge is 0.0532 e. The van der Waals surface area contributed by atoms with Gasteiger partial charge in [0, 0.05) is 22.5 Å². The molecule has 2 rings (SSSR count). The molecule has 106 valence electrons. The Morgan fingerprint density at radius 1 is 1.10 bits per heavy atom. The molecule has 2 aromatic rings. The molecule has 0 N–H and O–H groups in total. The largest absolute Gasteiger partial charge is 0.261 e. The summed E-state index contributed by atoms with van der Waals surface area (Å²) < 4.78 is 12.3. The molecule has 0 fully saturated rings. The molecule has 0 aliphatic rings. The van der Waals surface area contributed by atoms with E-state index in [0.717, 1.165) is 22.6 Å². The quantitative estimate of drug-likeness (QED) is 0.835. The van der Waals surface area contributed by atoms with Crippen molar-refractivity contribution < 1.29 is 4.21 Å². The number of aryl methyl sites for hydroxylation is 2. The summed E-state index contributed by atoms with van der Waals surface area (Å²) in [6.45, 7) is 6.30. The van der Waals surface area contributed by atoms with E-state index in [2.05, 4.69) is 37.0 Å². The van der Waals surface area contributed by atoms with Crippen LogP contribution in [0.4, 0.5) is 0 Å². The van der Waals surface area contributed by atoms with Crippen LogP contribution in [0.5, 0.6) is 0 Å². The van der Waals surface area contributed by atoms with Crippen LogP contribution in [-0.4, -0.2) is 14.9 Å². The van der Waals surface area contributed by atoms with Crippen LogP contribution in [0.3, 0.4) is 0 Å². The van der Waals surface area contributed by atoms with Crippen molar-refractivity contribution in [2.75, 3.05) is 5.75 Å². The third-order valence-electron chi connectivity index (χ3n) is 3.36. The van der Waals surface area contributed by atoms with Crippen LogP contribution in [0.1, 0.15) is 36.6 Å². The molecule has 1 aromatic heterocycles. The summed E-state index contributed by atoms with van der Waals surface area (Å²) in [5.41, 5.74) is 3.44. The first-order valence-electron chi connectivity index (χ1n) is 6.96. The topological polar surface area (TPSA) is 30.0 Å². The highest BCUT2D eigenvalue weighted by Gasteiger charge is 2.06. The first-order valence-corrected chi connectivity index (χ1v) is 8.28. The maximum Gasteiger partial charge on any atom is 0.0532 e. The Morgan fingerprint density at radius 3 is 2.35 bits per heavy atom. The van der Waals surface area contributed by atoms with E-state index >= 15 is 0 Å². The summed E-state index contributed by atoms with van der Waals surface area (Å²) >= 11 is 0. The van der Waals surface area contributed by atoms with E-state index in [0.29, 0.717) is 11.7 Å². The van der Waals surface area contributed by atoms with Crippen molar-refractivity contribution in [3.63, 3.8) is 0 Å². The van der Waals surface area contributed by atoms with E-state index in [1.54, 1.807) is 0 Å². The zero-order valence-corrected chi connectivity index (χ0v) is 13.1. The first kappa shape index (κ1) is 14.9. The molecule has 0 saturated carbocycles. The van der Waals surface area contributed by atoms with Crippen LogP contribution in [0.2, 0.25) is 0 Å². The minimum Gasteiger partial charge on any atom is -0.261 e. The molecule has 0 aliphatic carbocycles. The summed E-state index contributed by atoms with van der Waals surface area (Å²) in [5, 5.41) is 0. The van der Waals surface area contributed by atoms with Crippen molar-refractivity contribution in [2.45, 2.75) is 38.0 Å². The van der Waals surface area contributed by atoms with Gasteiger partial charge in [-0.25, -0.2) is 0 Å². The standard InChI is InChI=1S/C17H21NOS/c1-13(2)16-6-8-17(9-7-16)20(19)11-10-15-5-4-14(3)18-12-15/h4-9,12-13H,10-11H2,1-3H3. The van der Waals surface area contributed by atoms with E-state index in [4.69, 9.17) is 0 Å².